The molecule has 21 heavy (non-hydrogen) atoms. The molecular formula is C17H25F2NO. The Balaban J connectivity index is 2.16. The number of halogens is 2. The smallest absolute Gasteiger partial charge is 0.130 e. The Bertz CT molecular complexity index is 458. The highest BCUT2D eigenvalue weighted by Crippen LogP contribution is 2.30. The standard InChI is InChI=1S/C17H25F2NO/c1-3-6-20-17(10-13-4-7-21-8-5-13)14-9-12(2)15(18)11-16(14)19/h9,11,13,17,20H,3-8,10H2,1-2H3. The molecule has 1 aliphatic rings. The maximum atomic E-state index is 14.2. The summed E-state index contributed by atoms with van der Waals surface area (Å²) in [5, 5.41) is 3.42. The first-order valence-electron chi connectivity index (χ1n) is 7.88. The molecule has 0 aliphatic carbocycles. The third kappa shape index (κ3) is 4.48. The Labute approximate surface area is 125 Å². The molecule has 1 aliphatic heterocycles. The molecule has 1 heterocycles. The number of ether oxygens (including phenoxy) is 1. The van der Waals surface area contributed by atoms with Gasteiger partial charge in [-0.15, -0.1) is 0 Å². The van der Waals surface area contributed by atoms with Gasteiger partial charge in [0.1, 0.15) is 11.6 Å². The molecule has 2 rings (SSSR count). The average molecular weight is 297 g/mol. The van der Waals surface area contributed by atoms with E-state index in [9.17, 15) is 8.78 Å². The summed E-state index contributed by atoms with van der Waals surface area (Å²) in [5.41, 5.74) is 1.09. The normalized spacial score (nSPS) is 17.9. The van der Waals surface area contributed by atoms with Gasteiger partial charge in [0.2, 0.25) is 0 Å². The summed E-state index contributed by atoms with van der Waals surface area (Å²) < 4.78 is 33.0. The van der Waals surface area contributed by atoms with E-state index in [4.69, 9.17) is 4.74 Å². The maximum Gasteiger partial charge on any atom is 0.130 e. The van der Waals surface area contributed by atoms with Crippen molar-refractivity contribution in [2.45, 2.75) is 45.6 Å². The third-order valence-electron chi connectivity index (χ3n) is 4.20. The molecule has 1 unspecified atom stereocenters. The van der Waals surface area contributed by atoms with Crippen LogP contribution in [0.1, 0.15) is 49.8 Å². The predicted molar refractivity (Wildman–Crippen MR) is 80.3 cm³/mol. The fraction of sp³-hybridized carbons (Fsp3) is 0.647. The summed E-state index contributed by atoms with van der Waals surface area (Å²) in [7, 11) is 0. The van der Waals surface area contributed by atoms with Crippen LogP contribution in [0.25, 0.3) is 0 Å². The zero-order valence-electron chi connectivity index (χ0n) is 12.9. The van der Waals surface area contributed by atoms with Crippen molar-refractivity contribution in [2.75, 3.05) is 19.8 Å². The molecule has 1 aromatic rings. The molecule has 0 aromatic heterocycles. The zero-order valence-corrected chi connectivity index (χ0v) is 12.9. The van der Waals surface area contributed by atoms with E-state index in [1.165, 1.54) is 0 Å². The largest absolute Gasteiger partial charge is 0.381 e. The average Bonchev–Trinajstić information content (AvgIpc) is 2.48. The number of hydrogen-bond donors (Lipinski definition) is 1. The van der Waals surface area contributed by atoms with E-state index in [1.807, 2.05) is 0 Å². The maximum absolute atomic E-state index is 14.2. The Hall–Kier alpha value is -1.00. The van der Waals surface area contributed by atoms with E-state index in [-0.39, 0.29) is 6.04 Å². The molecule has 0 saturated carbocycles. The Morgan fingerprint density at radius 3 is 2.62 bits per heavy atom. The van der Waals surface area contributed by atoms with Gasteiger partial charge in [-0.3, -0.25) is 0 Å². The fourth-order valence-corrected chi connectivity index (χ4v) is 2.90. The highest BCUT2D eigenvalue weighted by Gasteiger charge is 2.23. The summed E-state index contributed by atoms with van der Waals surface area (Å²) in [5.74, 6) is -0.381. The lowest BCUT2D eigenvalue weighted by Crippen LogP contribution is -2.27. The molecule has 0 bridgehead atoms. The molecular weight excluding hydrogens is 272 g/mol. The van der Waals surface area contributed by atoms with Crippen molar-refractivity contribution in [3.05, 3.63) is 34.9 Å². The molecule has 0 radical (unpaired) electrons. The molecule has 118 valence electrons. The van der Waals surface area contributed by atoms with E-state index >= 15 is 0 Å². The minimum absolute atomic E-state index is 0.0488. The molecule has 1 N–H and O–H groups in total. The van der Waals surface area contributed by atoms with E-state index in [0.29, 0.717) is 17.0 Å². The summed E-state index contributed by atoms with van der Waals surface area (Å²) in [4.78, 5) is 0. The van der Waals surface area contributed by atoms with Crippen molar-refractivity contribution in [3.8, 4) is 0 Å². The van der Waals surface area contributed by atoms with Gasteiger partial charge in [-0.25, -0.2) is 8.78 Å². The van der Waals surface area contributed by atoms with Crippen LogP contribution in [0.5, 0.6) is 0 Å². The zero-order chi connectivity index (χ0) is 15.2. The molecule has 1 aromatic carbocycles. The van der Waals surface area contributed by atoms with Gasteiger partial charge in [0.05, 0.1) is 0 Å². The van der Waals surface area contributed by atoms with Crippen molar-refractivity contribution in [1.29, 1.82) is 0 Å². The summed E-state index contributed by atoms with van der Waals surface area (Å²) in [6, 6.07) is 2.61. The SMILES string of the molecule is CCCNC(CC1CCOCC1)c1cc(C)c(F)cc1F. The van der Waals surface area contributed by atoms with Crippen LogP contribution in [0.4, 0.5) is 8.78 Å². The molecule has 4 heteroatoms. The first-order chi connectivity index (χ1) is 10.1. The van der Waals surface area contributed by atoms with Crippen LogP contribution in [-0.2, 0) is 4.74 Å². The van der Waals surface area contributed by atoms with E-state index in [2.05, 4.69) is 12.2 Å². The van der Waals surface area contributed by atoms with Gasteiger partial charge in [-0.1, -0.05) is 6.92 Å². The Kier molecular flexibility index (Phi) is 6.12. The van der Waals surface area contributed by atoms with Crippen LogP contribution in [0.2, 0.25) is 0 Å². The summed E-state index contributed by atoms with van der Waals surface area (Å²) >= 11 is 0. The van der Waals surface area contributed by atoms with Crippen molar-refractivity contribution < 1.29 is 13.5 Å². The van der Waals surface area contributed by atoms with Crippen molar-refractivity contribution in [2.24, 2.45) is 5.92 Å². The van der Waals surface area contributed by atoms with E-state index in [1.54, 1.807) is 13.0 Å². The monoisotopic (exact) mass is 297 g/mol. The van der Waals surface area contributed by atoms with Crippen molar-refractivity contribution in [3.63, 3.8) is 0 Å². The molecule has 0 spiro atoms. The van der Waals surface area contributed by atoms with Crippen LogP contribution in [-0.4, -0.2) is 19.8 Å². The third-order valence-corrected chi connectivity index (χ3v) is 4.20. The second-order valence-corrected chi connectivity index (χ2v) is 5.92. The van der Waals surface area contributed by atoms with Gasteiger partial charge in [-0.2, -0.15) is 0 Å². The van der Waals surface area contributed by atoms with Crippen molar-refractivity contribution in [1.82, 2.24) is 5.32 Å². The second-order valence-electron chi connectivity index (χ2n) is 5.92. The van der Waals surface area contributed by atoms with Crippen LogP contribution < -0.4 is 5.32 Å². The molecule has 2 nitrogen and oxygen atoms in total. The highest BCUT2D eigenvalue weighted by atomic mass is 19.1. The number of rotatable bonds is 6. The van der Waals surface area contributed by atoms with Gasteiger partial charge >= 0.3 is 0 Å². The highest BCUT2D eigenvalue weighted by molar-refractivity contribution is 5.28. The van der Waals surface area contributed by atoms with Crippen LogP contribution in [0.3, 0.4) is 0 Å². The summed E-state index contributed by atoms with van der Waals surface area (Å²) in [6.07, 6.45) is 3.91. The van der Waals surface area contributed by atoms with Crippen molar-refractivity contribution >= 4 is 0 Å². The molecule has 1 fully saturated rings. The number of nitrogens with one attached hydrogen (secondary N) is 1. The van der Waals surface area contributed by atoms with Crippen LogP contribution in [0, 0.1) is 24.5 Å². The lowest BCUT2D eigenvalue weighted by Gasteiger charge is -2.28. The minimum Gasteiger partial charge on any atom is -0.381 e. The van der Waals surface area contributed by atoms with E-state index < -0.39 is 11.6 Å². The van der Waals surface area contributed by atoms with Gasteiger partial charge in [0, 0.05) is 30.9 Å². The van der Waals surface area contributed by atoms with Gasteiger partial charge < -0.3 is 10.1 Å². The lowest BCUT2D eigenvalue weighted by molar-refractivity contribution is 0.0604. The number of benzene rings is 1. The van der Waals surface area contributed by atoms with Gasteiger partial charge in [-0.05, 0) is 56.7 Å². The van der Waals surface area contributed by atoms with Gasteiger partial charge in [0.25, 0.3) is 0 Å². The van der Waals surface area contributed by atoms with Crippen LogP contribution >= 0.6 is 0 Å². The van der Waals surface area contributed by atoms with Gasteiger partial charge in [0.15, 0.2) is 0 Å². The Morgan fingerprint density at radius 1 is 1.24 bits per heavy atom. The predicted octanol–water partition coefficient (Wildman–Crippen LogP) is 4.13. The number of hydrogen-bond acceptors (Lipinski definition) is 2. The summed E-state index contributed by atoms with van der Waals surface area (Å²) in [6.45, 7) is 6.18. The number of aryl methyl sites for hydroxylation is 1. The molecule has 1 saturated heterocycles. The lowest BCUT2D eigenvalue weighted by atomic mass is 9.88. The first kappa shape index (κ1) is 16.4. The van der Waals surface area contributed by atoms with E-state index in [0.717, 1.165) is 51.5 Å². The minimum atomic E-state index is -0.475. The Morgan fingerprint density at radius 2 is 1.95 bits per heavy atom. The van der Waals surface area contributed by atoms with Crippen LogP contribution in [0.15, 0.2) is 12.1 Å². The quantitative estimate of drug-likeness (QED) is 0.852. The fourth-order valence-electron chi connectivity index (χ4n) is 2.90. The second kappa shape index (κ2) is 7.85. The molecule has 0 amide bonds. The molecule has 1 atom stereocenters. The first-order valence-corrected chi connectivity index (χ1v) is 7.88. The topological polar surface area (TPSA) is 21.3 Å².